The maximum Gasteiger partial charge on any atom is 0.417 e. The number of aromatic hydroxyl groups is 2. The number of carbonyl (C=O) groups is 2. The number of esters is 1. The zero-order valence-electron chi connectivity index (χ0n) is 16.0. The summed E-state index contributed by atoms with van der Waals surface area (Å²) in [7, 11) is 0. The Balaban J connectivity index is 1.59. The van der Waals surface area contributed by atoms with Gasteiger partial charge in [-0.25, -0.2) is 14.0 Å². The standard InChI is InChI=1S/C21H23FN2O5/c1-21(23,14-2-4-15(22)5-3-14)19(27)29-20(28)24-10-8-13(9-11-24)17-7-6-16(25)12-18(17)26/h2-7,12-13,25-26H,8-11,23H2,1H3. The van der Waals surface area contributed by atoms with Gasteiger partial charge in [0, 0.05) is 19.2 Å². The summed E-state index contributed by atoms with van der Waals surface area (Å²) in [6.07, 6.45) is 0.348. The Morgan fingerprint density at radius 3 is 2.34 bits per heavy atom. The number of phenols is 2. The molecule has 4 N–H and O–H groups in total. The highest BCUT2D eigenvalue weighted by Crippen LogP contribution is 2.35. The van der Waals surface area contributed by atoms with E-state index in [9.17, 15) is 24.2 Å². The van der Waals surface area contributed by atoms with Gasteiger partial charge in [-0.3, -0.25) is 0 Å². The van der Waals surface area contributed by atoms with E-state index >= 15 is 0 Å². The van der Waals surface area contributed by atoms with Crippen molar-refractivity contribution in [3.05, 3.63) is 59.4 Å². The first-order valence-corrected chi connectivity index (χ1v) is 9.26. The van der Waals surface area contributed by atoms with Crippen molar-refractivity contribution in [1.82, 2.24) is 4.90 Å². The van der Waals surface area contributed by atoms with Crippen LogP contribution < -0.4 is 5.73 Å². The minimum atomic E-state index is -1.60. The lowest BCUT2D eigenvalue weighted by Gasteiger charge is -2.32. The van der Waals surface area contributed by atoms with Crippen LogP contribution in [0.25, 0.3) is 0 Å². The third kappa shape index (κ3) is 4.48. The summed E-state index contributed by atoms with van der Waals surface area (Å²) in [5, 5.41) is 19.4. The van der Waals surface area contributed by atoms with Crippen molar-refractivity contribution in [2.45, 2.75) is 31.2 Å². The number of halogens is 1. The summed E-state index contributed by atoms with van der Waals surface area (Å²) in [4.78, 5) is 26.2. The number of hydrogen-bond acceptors (Lipinski definition) is 6. The number of benzene rings is 2. The Kier molecular flexibility index (Phi) is 5.74. The first-order valence-electron chi connectivity index (χ1n) is 9.26. The molecule has 0 aromatic heterocycles. The molecular formula is C21H23FN2O5. The third-order valence-electron chi connectivity index (χ3n) is 5.25. The van der Waals surface area contributed by atoms with Crippen LogP contribution in [0, 0.1) is 5.82 Å². The van der Waals surface area contributed by atoms with Gasteiger partial charge in [0.2, 0.25) is 0 Å². The number of amides is 1. The molecule has 1 heterocycles. The fourth-order valence-electron chi connectivity index (χ4n) is 3.41. The average Bonchev–Trinajstić information content (AvgIpc) is 2.68. The number of hydrogen-bond donors (Lipinski definition) is 3. The van der Waals surface area contributed by atoms with Gasteiger partial charge in [-0.2, -0.15) is 0 Å². The van der Waals surface area contributed by atoms with Crippen LogP contribution in [-0.2, 0) is 15.1 Å². The highest BCUT2D eigenvalue weighted by atomic mass is 19.1. The van der Waals surface area contributed by atoms with Crippen molar-refractivity contribution in [2.24, 2.45) is 5.73 Å². The Morgan fingerprint density at radius 1 is 1.14 bits per heavy atom. The van der Waals surface area contributed by atoms with Crippen LogP contribution in [0.3, 0.4) is 0 Å². The first kappa shape index (κ1) is 20.6. The molecule has 1 saturated heterocycles. The zero-order valence-corrected chi connectivity index (χ0v) is 16.0. The van der Waals surface area contributed by atoms with Gasteiger partial charge in [-0.15, -0.1) is 0 Å². The zero-order chi connectivity index (χ0) is 21.2. The molecule has 2 aromatic carbocycles. The van der Waals surface area contributed by atoms with Crippen LogP contribution in [-0.4, -0.2) is 40.3 Å². The van der Waals surface area contributed by atoms with Crippen LogP contribution in [0.1, 0.15) is 36.8 Å². The Hall–Kier alpha value is -3.13. The van der Waals surface area contributed by atoms with E-state index < -0.39 is 23.4 Å². The molecule has 0 aliphatic carbocycles. The predicted molar refractivity (Wildman–Crippen MR) is 103 cm³/mol. The lowest BCUT2D eigenvalue weighted by molar-refractivity contribution is -0.144. The fraction of sp³-hybridized carbons (Fsp3) is 0.333. The normalized spacial score (nSPS) is 16.9. The molecule has 1 fully saturated rings. The van der Waals surface area contributed by atoms with E-state index in [-0.39, 0.29) is 17.4 Å². The highest BCUT2D eigenvalue weighted by Gasteiger charge is 2.36. The van der Waals surface area contributed by atoms with Crippen molar-refractivity contribution in [1.29, 1.82) is 0 Å². The van der Waals surface area contributed by atoms with E-state index in [4.69, 9.17) is 10.5 Å². The maximum absolute atomic E-state index is 13.1. The van der Waals surface area contributed by atoms with E-state index in [1.54, 1.807) is 6.07 Å². The monoisotopic (exact) mass is 402 g/mol. The molecule has 3 rings (SSSR count). The molecular weight excluding hydrogens is 379 g/mol. The van der Waals surface area contributed by atoms with Gasteiger partial charge in [0.05, 0.1) is 0 Å². The summed E-state index contributed by atoms with van der Waals surface area (Å²) in [5.74, 6) is -1.37. The molecule has 2 aromatic rings. The minimum absolute atomic E-state index is 0.0133. The van der Waals surface area contributed by atoms with Crippen LogP contribution in [0.2, 0.25) is 0 Å². The number of carbonyl (C=O) groups excluding carboxylic acids is 2. The van der Waals surface area contributed by atoms with Crippen molar-refractivity contribution >= 4 is 12.1 Å². The van der Waals surface area contributed by atoms with E-state index in [1.165, 1.54) is 48.2 Å². The van der Waals surface area contributed by atoms with Gasteiger partial charge in [0.1, 0.15) is 22.9 Å². The maximum atomic E-state index is 13.1. The van der Waals surface area contributed by atoms with E-state index in [2.05, 4.69) is 0 Å². The second-order valence-electron chi connectivity index (χ2n) is 7.37. The summed E-state index contributed by atoms with van der Waals surface area (Å²) < 4.78 is 18.0. The number of phenolic OH excluding ortho intramolecular Hbond substituents is 2. The molecule has 1 aliphatic rings. The van der Waals surface area contributed by atoms with E-state index in [1.807, 2.05) is 0 Å². The van der Waals surface area contributed by atoms with Crippen LogP contribution >= 0.6 is 0 Å². The number of nitrogens with zero attached hydrogens (tertiary/aromatic N) is 1. The number of ether oxygens (including phenoxy) is 1. The topological polar surface area (TPSA) is 113 Å². The Bertz CT molecular complexity index is 906. The summed E-state index contributed by atoms with van der Waals surface area (Å²) in [6, 6.07) is 9.55. The van der Waals surface area contributed by atoms with Gasteiger partial charge in [0.15, 0.2) is 0 Å². The number of nitrogens with two attached hydrogens (primary N) is 1. The van der Waals surface area contributed by atoms with Crippen LogP contribution in [0.5, 0.6) is 11.5 Å². The molecule has 1 unspecified atom stereocenters. The van der Waals surface area contributed by atoms with Crippen LogP contribution in [0.15, 0.2) is 42.5 Å². The van der Waals surface area contributed by atoms with E-state index in [0.717, 1.165) is 0 Å². The van der Waals surface area contributed by atoms with Gasteiger partial charge in [-0.1, -0.05) is 18.2 Å². The Morgan fingerprint density at radius 2 is 1.76 bits per heavy atom. The molecule has 0 saturated carbocycles. The molecule has 8 heteroatoms. The number of likely N-dealkylation sites (tertiary alicyclic amines) is 1. The second kappa shape index (κ2) is 8.08. The lowest BCUT2D eigenvalue weighted by atomic mass is 9.89. The molecule has 0 bridgehead atoms. The van der Waals surface area contributed by atoms with Crippen molar-refractivity contribution < 1.29 is 28.9 Å². The third-order valence-corrected chi connectivity index (χ3v) is 5.25. The largest absolute Gasteiger partial charge is 0.508 e. The molecule has 7 nitrogen and oxygen atoms in total. The van der Waals surface area contributed by atoms with Gasteiger partial charge < -0.3 is 25.6 Å². The number of rotatable bonds is 3. The Labute approximate surface area is 167 Å². The molecule has 1 amide bonds. The molecule has 1 aliphatic heterocycles. The highest BCUT2D eigenvalue weighted by molar-refractivity contribution is 5.91. The second-order valence-corrected chi connectivity index (χ2v) is 7.37. The quantitative estimate of drug-likeness (QED) is 0.537. The molecule has 1 atom stereocenters. The molecule has 0 spiro atoms. The van der Waals surface area contributed by atoms with Crippen molar-refractivity contribution in [3.63, 3.8) is 0 Å². The first-order chi connectivity index (χ1) is 13.7. The van der Waals surface area contributed by atoms with Crippen molar-refractivity contribution in [2.75, 3.05) is 13.1 Å². The average molecular weight is 402 g/mol. The van der Waals surface area contributed by atoms with Gasteiger partial charge in [-0.05, 0) is 55.0 Å². The smallest absolute Gasteiger partial charge is 0.417 e. The summed E-state index contributed by atoms with van der Waals surface area (Å²) in [5.41, 5.74) is 5.46. The summed E-state index contributed by atoms with van der Waals surface area (Å²) >= 11 is 0. The minimum Gasteiger partial charge on any atom is -0.508 e. The predicted octanol–water partition coefficient (Wildman–Crippen LogP) is 2.95. The molecule has 0 radical (unpaired) electrons. The van der Waals surface area contributed by atoms with Gasteiger partial charge >= 0.3 is 12.1 Å². The lowest BCUT2D eigenvalue weighted by Crippen LogP contribution is -2.47. The summed E-state index contributed by atoms with van der Waals surface area (Å²) in [6.45, 7) is 2.08. The van der Waals surface area contributed by atoms with Crippen molar-refractivity contribution in [3.8, 4) is 11.5 Å². The van der Waals surface area contributed by atoms with Gasteiger partial charge in [0.25, 0.3) is 0 Å². The van der Waals surface area contributed by atoms with E-state index in [0.29, 0.717) is 37.1 Å². The van der Waals surface area contributed by atoms with Crippen LogP contribution in [0.4, 0.5) is 9.18 Å². The number of piperidine rings is 1. The molecule has 29 heavy (non-hydrogen) atoms. The molecule has 154 valence electrons. The fourth-order valence-corrected chi connectivity index (χ4v) is 3.41. The SMILES string of the molecule is CC(N)(C(=O)OC(=O)N1CCC(c2ccc(O)cc2O)CC1)c1ccc(F)cc1.